The molecule has 1 aliphatic heterocycles. The predicted molar refractivity (Wildman–Crippen MR) is 97.0 cm³/mol. The number of hydrogen-bond donors (Lipinski definition) is 0. The molecule has 2 aliphatic carbocycles. The van der Waals surface area contributed by atoms with Crippen LogP contribution in [0.15, 0.2) is 24.3 Å². The standard InChI is InChI=1S/C14H23N3Si.CH3.2ClH.Ti/c1-18(2,17-10-15-9-16-11-17)14-8-7-12-5-3-4-6-13(12)14;;;;/h3-6,12-14H,7-11H2,1-2H3;1H3;2*1H;/q-2;-1;;;+6/p-2. The molecule has 1 saturated carbocycles. The quantitative estimate of drug-likeness (QED) is 0.450. The molecule has 3 rings (SSSR count). The summed E-state index contributed by atoms with van der Waals surface area (Å²) in [5.41, 5.74) is 0.868. The van der Waals surface area contributed by atoms with E-state index in [4.69, 9.17) is 18.6 Å². The number of hydrogen-bond acceptors (Lipinski definition) is 1. The zero-order chi connectivity index (χ0) is 15.3. The van der Waals surface area contributed by atoms with Crippen LogP contribution in [0, 0.1) is 19.3 Å². The Morgan fingerprint density at radius 3 is 2.32 bits per heavy atom. The Kier molecular flexibility index (Phi) is 9.50. The Hall–Kier alpha value is 0.871. The van der Waals surface area contributed by atoms with Crippen LogP contribution in [0.4, 0.5) is 0 Å². The van der Waals surface area contributed by atoms with Gasteiger partial charge in [0, 0.05) is 0 Å². The molecule has 3 atom stereocenters. The van der Waals surface area contributed by atoms with Gasteiger partial charge in [-0.3, -0.25) is 6.67 Å². The molecule has 1 saturated heterocycles. The van der Waals surface area contributed by atoms with Gasteiger partial charge in [-0.25, -0.2) is 0 Å². The van der Waals surface area contributed by atoms with Crippen LogP contribution >= 0.6 is 18.6 Å². The van der Waals surface area contributed by atoms with Crippen molar-refractivity contribution >= 4 is 26.8 Å². The molecule has 0 aromatic rings. The molecule has 122 valence electrons. The average Bonchev–Trinajstić information content (AvgIpc) is 2.94. The number of rotatable bonds is 2. The molecule has 0 spiro atoms. The molecular formula is C15H26Cl2N3SiTi+. The van der Waals surface area contributed by atoms with Crippen molar-refractivity contribution in [2.75, 3.05) is 20.0 Å². The average molecular weight is 395 g/mol. The fourth-order valence-corrected chi connectivity index (χ4v) is 7.40. The second-order valence-electron chi connectivity index (χ2n) is 6.33. The summed E-state index contributed by atoms with van der Waals surface area (Å²) in [4.78, 5) is 0. The molecule has 7 heteroatoms. The summed E-state index contributed by atoms with van der Waals surface area (Å²) in [6.45, 7) is 7.57. The summed E-state index contributed by atoms with van der Waals surface area (Å²) in [5.74, 6) is 1.57. The van der Waals surface area contributed by atoms with Gasteiger partial charge in [0.05, 0.1) is 0 Å². The number of allylic oxidation sites excluding steroid dienone is 4. The normalized spacial score (nSPS) is 31.2. The van der Waals surface area contributed by atoms with Crippen molar-refractivity contribution in [3.8, 4) is 0 Å². The van der Waals surface area contributed by atoms with Crippen molar-refractivity contribution in [3.05, 3.63) is 42.4 Å². The molecule has 0 aromatic carbocycles. The molecule has 0 radical (unpaired) electrons. The molecule has 0 aromatic heterocycles. The Morgan fingerprint density at radius 1 is 1.09 bits per heavy atom. The van der Waals surface area contributed by atoms with Gasteiger partial charge in [0.15, 0.2) is 0 Å². The minimum atomic E-state index is -1.42. The van der Waals surface area contributed by atoms with E-state index in [2.05, 4.69) is 52.6 Å². The number of nitrogens with zero attached hydrogens (tertiary/aromatic N) is 3. The number of fused-ring (bicyclic) bond motifs is 1. The second-order valence-corrected chi connectivity index (χ2v) is 13.6. The van der Waals surface area contributed by atoms with Crippen LogP contribution in [0.5, 0.6) is 0 Å². The summed E-state index contributed by atoms with van der Waals surface area (Å²) in [6, 6.07) is 0. The fourth-order valence-electron chi connectivity index (χ4n) is 3.83. The summed E-state index contributed by atoms with van der Waals surface area (Å²) < 4.78 is 2.58. The maximum absolute atomic E-state index is 4.89. The first kappa shape index (κ1) is 20.9. The maximum atomic E-state index is 4.89. The van der Waals surface area contributed by atoms with E-state index in [9.17, 15) is 0 Å². The predicted octanol–water partition coefficient (Wildman–Crippen LogP) is 5.48. The van der Waals surface area contributed by atoms with Crippen LogP contribution in [0.2, 0.25) is 18.6 Å². The Morgan fingerprint density at radius 2 is 1.68 bits per heavy atom. The molecule has 1 heterocycles. The summed E-state index contributed by atoms with van der Waals surface area (Å²) >= 11 is -0.556. The molecule has 3 unspecified atom stereocenters. The van der Waals surface area contributed by atoms with E-state index in [1.54, 1.807) is 0 Å². The third-order valence-electron chi connectivity index (χ3n) is 5.04. The Bertz CT molecular complexity index is 387. The molecule has 2 fully saturated rings. The van der Waals surface area contributed by atoms with Gasteiger partial charge >= 0.3 is 35.6 Å². The van der Waals surface area contributed by atoms with Crippen LogP contribution in [0.1, 0.15) is 12.8 Å². The molecule has 0 N–H and O–H groups in total. The van der Waals surface area contributed by atoms with Crippen LogP contribution in [-0.2, 0) is 17.0 Å². The zero-order valence-electron chi connectivity index (χ0n) is 13.7. The summed E-state index contributed by atoms with van der Waals surface area (Å²) in [6.07, 6.45) is 12.1. The van der Waals surface area contributed by atoms with E-state index in [0.717, 1.165) is 30.7 Å². The molecule has 0 bridgehead atoms. The van der Waals surface area contributed by atoms with E-state index in [1.165, 1.54) is 12.8 Å². The summed E-state index contributed by atoms with van der Waals surface area (Å²) in [5, 5.41) is 8.92. The monoisotopic (exact) mass is 394 g/mol. The van der Waals surface area contributed by atoms with Crippen LogP contribution < -0.4 is 0 Å². The third kappa shape index (κ3) is 4.93. The molecule has 3 aliphatic rings. The van der Waals surface area contributed by atoms with E-state index in [0.29, 0.717) is 6.67 Å². The topological polar surface area (TPSA) is 31.4 Å². The van der Waals surface area contributed by atoms with Crippen LogP contribution in [-0.4, -0.2) is 32.8 Å². The van der Waals surface area contributed by atoms with Gasteiger partial charge in [-0.2, -0.15) is 0 Å². The van der Waals surface area contributed by atoms with Crippen molar-refractivity contribution in [1.82, 2.24) is 4.57 Å². The van der Waals surface area contributed by atoms with Crippen molar-refractivity contribution < 1.29 is 17.0 Å². The van der Waals surface area contributed by atoms with E-state index in [-0.39, 0.29) is 7.43 Å². The van der Waals surface area contributed by atoms with Gasteiger partial charge in [-0.15, -0.1) is 13.3 Å². The fraction of sp³-hybridized carbons (Fsp3) is 0.667. The molecule has 0 amide bonds. The van der Waals surface area contributed by atoms with Gasteiger partial charge < -0.3 is 22.6 Å². The third-order valence-corrected chi connectivity index (χ3v) is 9.44. The van der Waals surface area contributed by atoms with Crippen LogP contribution in [0.3, 0.4) is 0 Å². The van der Waals surface area contributed by atoms with Gasteiger partial charge in [0.25, 0.3) is 0 Å². The molecular weight excluding hydrogens is 369 g/mol. The van der Waals surface area contributed by atoms with Gasteiger partial charge in [0.1, 0.15) is 8.24 Å². The minimum absolute atomic E-state index is 0. The molecule has 22 heavy (non-hydrogen) atoms. The first-order valence-corrected chi connectivity index (χ1v) is 14.8. The first-order chi connectivity index (χ1) is 10.1. The summed E-state index contributed by atoms with van der Waals surface area (Å²) in [7, 11) is 8.36. The Labute approximate surface area is 153 Å². The SMILES string of the molecule is C[Si](C)(C1CCC2C=CC=CC21)N1C[N-]C[N-]C1.[CH3-].[Cl][Ti+4][Cl]. The van der Waals surface area contributed by atoms with E-state index in [1.807, 2.05) is 0 Å². The first-order valence-electron chi connectivity index (χ1n) is 7.44. The molecule has 3 nitrogen and oxygen atoms in total. The van der Waals surface area contributed by atoms with Crippen molar-refractivity contribution in [1.29, 1.82) is 0 Å². The van der Waals surface area contributed by atoms with Crippen molar-refractivity contribution in [2.24, 2.45) is 11.8 Å². The van der Waals surface area contributed by atoms with Gasteiger partial charge in [0.2, 0.25) is 0 Å². The van der Waals surface area contributed by atoms with Gasteiger partial charge in [-0.05, 0) is 23.8 Å². The van der Waals surface area contributed by atoms with E-state index >= 15 is 0 Å². The van der Waals surface area contributed by atoms with Gasteiger partial charge in [-0.1, -0.05) is 43.8 Å². The van der Waals surface area contributed by atoms with Crippen molar-refractivity contribution in [2.45, 2.75) is 31.5 Å². The van der Waals surface area contributed by atoms with Crippen molar-refractivity contribution in [3.63, 3.8) is 0 Å². The number of halogens is 2. The van der Waals surface area contributed by atoms with E-state index < -0.39 is 25.3 Å². The zero-order valence-corrected chi connectivity index (χ0v) is 17.7. The van der Waals surface area contributed by atoms with Crippen LogP contribution in [0.25, 0.3) is 10.6 Å². The Balaban J connectivity index is 0.000000562. The second kappa shape index (κ2) is 10.00.